The van der Waals surface area contributed by atoms with E-state index in [1.165, 1.54) is 5.56 Å². The number of hydrogen-bond acceptors (Lipinski definition) is 4. The van der Waals surface area contributed by atoms with Gasteiger partial charge in [-0.25, -0.2) is 9.67 Å². The topological polar surface area (TPSA) is 80.0 Å². The van der Waals surface area contributed by atoms with E-state index in [-0.39, 0.29) is 0 Å². The molecule has 0 amide bonds. The molecule has 0 fully saturated rings. The van der Waals surface area contributed by atoms with Crippen molar-refractivity contribution >= 4 is 5.97 Å². The van der Waals surface area contributed by atoms with Gasteiger partial charge in [0.2, 0.25) is 0 Å². The van der Waals surface area contributed by atoms with Crippen LogP contribution in [-0.4, -0.2) is 38.9 Å². The second-order valence-electron chi connectivity index (χ2n) is 4.85. The van der Waals surface area contributed by atoms with Gasteiger partial charge in [-0.2, -0.15) is 5.10 Å². The average Bonchev–Trinajstić information content (AvgIpc) is 2.68. The van der Waals surface area contributed by atoms with E-state index in [1.54, 1.807) is 0 Å². The van der Waals surface area contributed by atoms with Gasteiger partial charge in [-0.15, -0.1) is 0 Å². The summed E-state index contributed by atoms with van der Waals surface area (Å²) in [6, 6.07) is 10.4. The van der Waals surface area contributed by atoms with E-state index in [9.17, 15) is 0 Å². The SMILES string of the molecule is CC(=O)O.c1ccc(Cc2nc3n(n2)CCNCC3)cc1. The first-order valence-electron chi connectivity index (χ1n) is 7.02. The molecule has 0 spiro atoms. The van der Waals surface area contributed by atoms with Crippen LogP contribution in [0.1, 0.15) is 24.1 Å². The van der Waals surface area contributed by atoms with Gasteiger partial charge in [0.1, 0.15) is 5.82 Å². The Morgan fingerprint density at radius 2 is 2.05 bits per heavy atom. The molecular weight excluding hydrogens is 268 g/mol. The molecule has 0 bridgehead atoms. The zero-order valence-electron chi connectivity index (χ0n) is 12.1. The molecule has 3 rings (SSSR count). The van der Waals surface area contributed by atoms with Crippen molar-refractivity contribution in [3.63, 3.8) is 0 Å². The lowest BCUT2D eigenvalue weighted by Gasteiger charge is -1.98. The number of hydrogen-bond donors (Lipinski definition) is 2. The molecule has 0 saturated heterocycles. The lowest BCUT2D eigenvalue weighted by Crippen LogP contribution is -2.18. The second-order valence-corrected chi connectivity index (χ2v) is 4.85. The number of benzene rings is 1. The van der Waals surface area contributed by atoms with Crippen LogP contribution in [0, 0.1) is 0 Å². The highest BCUT2D eigenvalue weighted by atomic mass is 16.4. The van der Waals surface area contributed by atoms with Crippen molar-refractivity contribution in [2.75, 3.05) is 13.1 Å². The first-order chi connectivity index (χ1) is 10.1. The molecule has 0 aliphatic carbocycles. The third-order valence-corrected chi connectivity index (χ3v) is 3.02. The molecule has 2 N–H and O–H groups in total. The molecule has 0 saturated carbocycles. The summed E-state index contributed by atoms with van der Waals surface area (Å²) >= 11 is 0. The van der Waals surface area contributed by atoms with Crippen LogP contribution in [0.2, 0.25) is 0 Å². The fourth-order valence-corrected chi connectivity index (χ4v) is 2.15. The standard InChI is InChI=1S/C13H16N4.C2H4O2/c1-2-4-11(5-3-1)10-12-15-13-6-7-14-8-9-17(13)16-12;1-2(3)4/h1-5,14H,6-10H2;1H3,(H,3,4). The molecule has 112 valence electrons. The maximum absolute atomic E-state index is 9.00. The van der Waals surface area contributed by atoms with E-state index in [0.29, 0.717) is 0 Å². The normalized spacial score (nSPS) is 13.6. The van der Waals surface area contributed by atoms with Gasteiger partial charge in [-0.05, 0) is 5.56 Å². The second kappa shape index (κ2) is 7.54. The number of carboxylic acids is 1. The maximum Gasteiger partial charge on any atom is 0.300 e. The molecule has 0 radical (unpaired) electrons. The van der Waals surface area contributed by atoms with Crippen molar-refractivity contribution in [1.82, 2.24) is 20.1 Å². The number of aliphatic carboxylic acids is 1. The zero-order valence-corrected chi connectivity index (χ0v) is 12.1. The maximum atomic E-state index is 9.00. The number of nitrogens with one attached hydrogen (secondary N) is 1. The fourth-order valence-electron chi connectivity index (χ4n) is 2.15. The third-order valence-electron chi connectivity index (χ3n) is 3.02. The fraction of sp³-hybridized carbons (Fsp3) is 0.400. The van der Waals surface area contributed by atoms with Crippen molar-refractivity contribution in [1.29, 1.82) is 0 Å². The molecule has 21 heavy (non-hydrogen) atoms. The summed E-state index contributed by atoms with van der Waals surface area (Å²) in [6.45, 7) is 4.00. The summed E-state index contributed by atoms with van der Waals surface area (Å²) in [7, 11) is 0. The van der Waals surface area contributed by atoms with Gasteiger partial charge in [0.25, 0.3) is 5.97 Å². The monoisotopic (exact) mass is 288 g/mol. The van der Waals surface area contributed by atoms with Crippen LogP contribution in [0.4, 0.5) is 0 Å². The average molecular weight is 288 g/mol. The molecule has 1 aliphatic heterocycles. The van der Waals surface area contributed by atoms with Crippen molar-refractivity contribution in [2.24, 2.45) is 0 Å². The quantitative estimate of drug-likeness (QED) is 0.865. The minimum Gasteiger partial charge on any atom is -0.481 e. The van der Waals surface area contributed by atoms with E-state index < -0.39 is 5.97 Å². The Hall–Kier alpha value is -2.21. The molecule has 0 unspecified atom stereocenters. The number of rotatable bonds is 2. The highest BCUT2D eigenvalue weighted by Crippen LogP contribution is 2.08. The van der Waals surface area contributed by atoms with Crippen LogP contribution in [-0.2, 0) is 24.2 Å². The minimum atomic E-state index is -0.833. The van der Waals surface area contributed by atoms with Crippen LogP contribution < -0.4 is 5.32 Å². The smallest absolute Gasteiger partial charge is 0.300 e. The van der Waals surface area contributed by atoms with Crippen LogP contribution in [0.3, 0.4) is 0 Å². The Kier molecular flexibility index (Phi) is 5.45. The van der Waals surface area contributed by atoms with E-state index in [2.05, 4.69) is 39.7 Å². The lowest BCUT2D eigenvalue weighted by molar-refractivity contribution is -0.134. The molecule has 1 aromatic carbocycles. The molecule has 2 heterocycles. The number of fused-ring (bicyclic) bond motifs is 1. The lowest BCUT2D eigenvalue weighted by atomic mass is 10.1. The van der Waals surface area contributed by atoms with Gasteiger partial charge < -0.3 is 10.4 Å². The van der Waals surface area contributed by atoms with Crippen molar-refractivity contribution < 1.29 is 9.90 Å². The summed E-state index contributed by atoms with van der Waals surface area (Å²) in [6.07, 6.45) is 1.80. The molecular formula is C15H20N4O2. The van der Waals surface area contributed by atoms with Crippen molar-refractivity contribution in [3.05, 3.63) is 47.5 Å². The first kappa shape index (κ1) is 15.2. The Bertz CT molecular complexity index is 553. The van der Waals surface area contributed by atoms with Gasteiger partial charge in [-0.1, -0.05) is 30.3 Å². The third kappa shape index (κ3) is 5.00. The van der Waals surface area contributed by atoms with E-state index in [0.717, 1.165) is 51.0 Å². The van der Waals surface area contributed by atoms with Gasteiger partial charge in [0.15, 0.2) is 5.82 Å². The van der Waals surface area contributed by atoms with Crippen LogP contribution in [0.25, 0.3) is 0 Å². The minimum absolute atomic E-state index is 0.828. The number of carboxylic acid groups (broad SMARTS) is 1. The number of carbonyl (C=O) groups is 1. The summed E-state index contributed by atoms with van der Waals surface area (Å²) in [5.41, 5.74) is 1.27. The van der Waals surface area contributed by atoms with Crippen LogP contribution >= 0.6 is 0 Å². The van der Waals surface area contributed by atoms with Crippen LogP contribution in [0.15, 0.2) is 30.3 Å². The van der Waals surface area contributed by atoms with E-state index >= 15 is 0 Å². The first-order valence-corrected chi connectivity index (χ1v) is 7.02. The number of nitrogens with zero attached hydrogens (tertiary/aromatic N) is 3. The Morgan fingerprint density at radius 1 is 1.33 bits per heavy atom. The van der Waals surface area contributed by atoms with Crippen molar-refractivity contribution in [2.45, 2.75) is 26.3 Å². The summed E-state index contributed by atoms with van der Waals surface area (Å²) in [5.74, 6) is 1.22. The predicted octanol–water partition coefficient (Wildman–Crippen LogP) is 1.11. The Balaban J connectivity index is 0.000000361. The van der Waals surface area contributed by atoms with Gasteiger partial charge in [0, 0.05) is 32.9 Å². The molecule has 1 aliphatic rings. The Morgan fingerprint density at radius 3 is 2.76 bits per heavy atom. The summed E-state index contributed by atoms with van der Waals surface area (Å²) < 4.78 is 2.04. The van der Waals surface area contributed by atoms with Gasteiger partial charge in [-0.3, -0.25) is 4.79 Å². The highest BCUT2D eigenvalue weighted by molar-refractivity contribution is 5.62. The van der Waals surface area contributed by atoms with Gasteiger partial charge >= 0.3 is 0 Å². The summed E-state index contributed by atoms with van der Waals surface area (Å²) in [5, 5.41) is 15.3. The molecule has 0 atom stereocenters. The number of aromatic nitrogens is 3. The van der Waals surface area contributed by atoms with Crippen LogP contribution in [0.5, 0.6) is 0 Å². The molecule has 1 aromatic heterocycles. The highest BCUT2D eigenvalue weighted by Gasteiger charge is 2.12. The molecule has 2 aromatic rings. The predicted molar refractivity (Wildman–Crippen MR) is 79.2 cm³/mol. The Labute approximate surface area is 123 Å². The van der Waals surface area contributed by atoms with E-state index in [1.807, 2.05) is 10.7 Å². The van der Waals surface area contributed by atoms with E-state index in [4.69, 9.17) is 9.90 Å². The molecule has 6 heteroatoms. The van der Waals surface area contributed by atoms with Crippen molar-refractivity contribution in [3.8, 4) is 0 Å². The van der Waals surface area contributed by atoms with Gasteiger partial charge in [0.05, 0.1) is 6.54 Å². The summed E-state index contributed by atoms with van der Waals surface area (Å²) in [4.78, 5) is 13.6. The zero-order chi connectivity index (χ0) is 15.1. The molecule has 6 nitrogen and oxygen atoms in total. The largest absolute Gasteiger partial charge is 0.481 e.